The SMILES string of the molecule is CCCCC(=O)C(C)(C)[C@@H]1CCOC(c2ccccc2)O1. The Hall–Kier alpha value is -1.19. The quantitative estimate of drug-likeness (QED) is 0.784. The highest BCUT2D eigenvalue weighted by atomic mass is 16.7. The summed E-state index contributed by atoms with van der Waals surface area (Å²) in [5.41, 5.74) is 0.561. The van der Waals surface area contributed by atoms with Crippen molar-refractivity contribution in [3.63, 3.8) is 0 Å². The van der Waals surface area contributed by atoms with E-state index in [2.05, 4.69) is 6.92 Å². The van der Waals surface area contributed by atoms with Gasteiger partial charge in [-0.1, -0.05) is 57.5 Å². The molecule has 1 aliphatic heterocycles. The van der Waals surface area contributed by atoms with Gasteiger partial charge in [-0.2, -0.15) is 0 Å². The number of ketones is 1. The van der Waals surface area contributed by atoms with Gasteiger partial charge in [0.25, 0.3) is 0 Å². The van der Waals surface area contributed by atoms with E-state index in [1.54, 1.807) is 0 Å². The minimum atomic E-state index is -0.452. The Kier molecular flexibility index (Phi) is 5.54. The average molecular weight is 290 g/mol. The van der Waals surface area contributed by atoms with Crippen molar-refractivity contribution in [2.75, 3.05) is 6.61 Å². The van der Waals surface area contributed by atoms with Crippen molar-refractivity contribution in [3.05, 3.63) is 35.9 Å². The van der Waals surface area contributed by atoms with Gasteiger partial charge < -0.3 is 9.47 Å². The Morgan fingerprint density at radius 2 is 2.00 bits per heavy atom. The zero-order valence-corrected chi connectivity index (χ0v) is 13.3. The molecule has 0 radical (unpaired) electrons. The van der Waals surface area contributed by atoms with Crippen molar-refractivity contribution in [3.8, 4) is 0 Å². The molecular weight excluding hydrogens is 264 g/mol. The van der Waals surface area contributed by atoms with E-state index in [1.165, 1.54) is 0 Å². The minimum Gasteiger partial charge on any atom is -0.348 e. The lowest BCUT2D eigenvalue weighted by molar-refractivity contribution is -0.238. The molecule has 0 amide bonds. The third-order valence-corrected chi connectivity index (χ3v) is 4.29. The maximum atomic E-state index is 12.4. The van der Waals surface area contributed by atoms with E-state index >= 15 is 0 Å². The molecule has 1 aromatic carbocycles. The molecule has 3 heteroatoms. The first-order valence-electron chi connectivity index (χ1n) is 7.91. The molecule has 2 atom stereocenters. The van der Waals surface area contributed by atoms with Gasteiger partial charge in [0.2, 0.25) is 0 Å². The number of Topliss-reactive ketones (excluding diaryl/α,β-unsaturated/α-hetero) is 1. The molecule has 1 unspecified atom stereocenters. The van der Waals surface area contributed by atoms with E-state index in [9.17, 15) is 4.79 Å². The van der Waals surface area contributed by atoms with Crippen LogP contribution in [0.15, 0.2) is 30.3 Å². The molecule has 21 heavy (non-hydrogen) atoms. The van der Waals surface area contributed by atoms with E-state index in [0.29, 0.717) is 18.8 Å². The monoisotopic (exact) mass is 290 g/mol. The first-order valence-corrected chi connectivity index (χ1v) is 7.91. The third-order valence-electron chi connectivity index (χ3n) is 4.29. The van der Waals surface area contributed by atoms with E-state index in [0.717, 1.165) is 24.8 Å². The van der Waals surface area contributed by atoms with E-state index < -0.39 is 5.41 Å². The third kappa shape index (κ3) is 3.92. The van der Waals surface area contributed by atoms with Gasteiger partial charge in [0.15, 0.2) is 6.29 Å². The highest BCUT2D eigenvalue weighted by Gasteiger charge is 2.40. The first kappa shape index (κ1) is 16.2. The van der Waals surface area contributed by atoms with Gasteiger partial charge in [-0.15, -0.1) is 0 Å². The maximum Gasteiger partial charge on any atom is 0.184 e. The van der Waals surface area contributed by atoms with Crippen LogP contribution in [0.4, 0.5) is 0 Å². The first-order chi connectivity index (χ1) is 10.1. The topological polar surface area (TPSA) is 35.5 Å². The van der Waals surface area contributed by atoms with Crippen LogP contribution in [0.25, 0.3) is 0 Å². The average Bonchev–Trinajstić information content (AvgIpc) is 2.53. The van der Waals surface area contributed by atoms with Crippen LogP contribution < -0.4 is 0 Å². The second kappa shape index (κ2) is 7.19. The van der Waals surface area contributed by atoms with E-state index in [-0.39, 0.29) is 12.4 Å². The Morgan fingerprint density at radius 1 is 1.29 bits per heavy atom. The molecule has 0 N–H and O–H groups in total. The van der Waals surface area contributed by atoms with Gasteiger partial charge in [-0.25, -0.2) is 0 Å². The summed E-state index contributed by atoms with van der Waals surface area (Å²) in [6, 6.07) is 9.92. The summed E-state index contributed by atoms with van der Waals surface area (Å²) in [6.07, 6.45) is 2.97. The molecule has 1 saturated heterocycles. The summed E-state index contributed by atoms with van der Waals surface area (Å²) in [5, 5.41) is 0. The number of rotatable bonds is 6. The predicted molar refractivity (Wildman–Crippen MR) is 82.9 cm³/mol. The molecule has 1 aromatic rings. The van der Waals surface area contributed by atoms with Gasteiger partial charge in [-0.05, 0) is 12.8 Å². The highest BCUT2D eigenvalue weighted by molar-refractivity contribution is 5.84. The van der Waals surface area contributed by atoms with Crippen molar-refractivity contribution in [2.24, 2.45) is 5.41 Å². The summed E-state index contributed by atoms with van der Waals surface area (Å²) >= 11 is 0. The van der Waals surface area contributed by atoms with Crippen molar-refractivity contribution >= 4 is 5.78 Å². The van der Waals surface area contributed by atoms with Gasteiger partial charge >= 0.3 is 0 Å². The lowest BCUT2D eigenvalue weighted by Gasteiger charge is -2.39. The van der Waals surface area contributed by atoms with Crippen LogP contribution in [0.1, 0.15) is 58.3 Å². The van der Waals surface area contributed by atoms with Gasteiger partial charge in [0, 0.05) is 17.4 Å². The van der Waals surface area contributed by atoms with Crippen LogP contribution in [0, 0.1) is 5.41 Å². The summed E-state index contributed by atoms with van der Waals surface area (Å²) in [4.78, 5) is 12.4. The fraction of sp³-hybridized carbons (Fsp3) is 0.611. The standard InChI is InChI=1S/C18H26O3/c1-4-5-11-15(19)18(2,3)16-12-13-20-17(21-16)14-9-7-6-8-10-14/h6-10,16-17H,4-5,11-13H2,1-3H3/t16-,17?/m0/s1. The molecule has 3 nitrogen and oxygen atoms in total. The molecule has 2 rings (SSSR count). The van der Waals surface area contributed by atoms with Crippen molar-refractivity contribution in [1.29, 1.82) is 0 Å². The fourth-order valence-electron chi connectivity index (χ4n) is 2.69. The number of hydrogen-bond donors (Lipinski definition) is 0. The number of unbranched alkanes of at least 4 members (excludes halogenated alkanes) is 1. The highest BCUT2D eigenvalue weighted by Crippen LogP contribution is 2.36. The molecule has 1 fully saturated rings. The number of ether oxygens (including phenoxy) is 2. The van der Waals surface area contributed by atoms with Crippen LogP contribution in [0.2, 0.25) is 0 Å². The number of benzene rings is 1. The Morgan fingerprint density at radius 3 is 2.67 bits per heavy atom. The molecular formula is C18H26O3. The summed E-state index contributed by atoms with van der Waals surface area (Å²) < 4.78 is 11.8. The smallest absolute Gasteiger partial charge is 0.184 e. The summed E-state index contributed by atoms with van der Waals surface area (Å²) in [7, 11) is 0. The second-order valence-electron chi connectivity index (χ2n) is 6.28. The van der Waals surface area contributed by atoms with Crippen LogP contribution in [0.5, 0.6) is 0 Å². The number of hydrogen-bond acceptors (Lipinski definition) is 3. The largest absolute Gasteiger partial charge is 0.348 e. The zero-order chi connectivity index (χ0) is 15.3. The normalized spacial score (nSPS) is 23.0. The Balaban J connectivity index is 2.04. The fourth-order valence-corrected chi connectivity index (χ4v) is 2.69. The van der Waals surface area contributed by atoms with E-state index in [4.69, 9.17) is 9.47 Å². The maximum absolute atomic E-state index is 12.4. The minimum absolute atomic E-state index is 0.0826. The molecule has 0 aromatic heterocycles. The van der Waals surface area contributed by atoms with Gasteiger partial charge in [-0.3, -0.25) is 4.79 Å². The summed E-state index contributed by atoms with van der Waals surface area (Å²) in [6.45, 7) is 6.75. The summed E-state index contributed by atoms with van der Waals surface area (Å²) in [5.74, 6) is 0.295. The Labute approximate surface area is 127 Å². The van der Waals surface area contributed by atoms with Gasteiger partial charge in [0.1, 0.15) is 5.78 Å². The van der Waals surface area contributed by atoms with Crippen molar-refractivity contribution in [1.82, 2.24) is 0 Å². The van der Waals surface area contributed by atoms with Gasteiger partial charge in [0.05, 0.1) is 12.7 Å². The lowest BCUT2D eigenvalue weighted by atomic mass is 9.78. The van der Waals surface area contributed by atoms with Crippen molar-refractivity contribution in [2.45, 2.75) is 58.8 Å². The van der Waals surface area contributed by atoms with Crippen LogP contribution in [-0.4, -0.2) is 18.5 Å². The number of carbonyl (C=O) groups is 1. The predicted octanol–water partition coefficient (Wildman–Crippen LogP) is 4.28. The molecule has 116 valence electrons. The Bertz CT molecular complexity index is 453. The number of carbonyl (C=O) groups excluding carboxylic acids is 1. The van der Waals surface area contributed by atoms with Crippen LogP contribution in [0.3, 0.4) is 0 Å². The molecule has 0 saturated carbocycles. The van der Waals surface area contributed by atoms with Crippen LogP contribution in [-0.2, 0) is 14.3 Å². The molecule has 0 aliphatic carbocycles. The zero-order valence-electron chi connectivity index (χ0n) is 13.3. The molecule has 0 spiro atoms. The second-order valence-corrected chi connectivity index (χ2v) is 6.28. The van der Waals surface area contributed by atoms with Crippen molar-refractivity contribution < 1.29 is 14.3 Å². The van der Waals surface area contributed by atoms with Crippen LogP contribution >= 0.6 is 0 Å². The van der Waals surface area contributed by atoms with E-state index in [1.807, 2.05) is 44.2 Å². The molecule has 0 bridgehead atoms. The molecule has 1 aliphatic rings. The lowest BCUT2D eigenvalue weighted by Crippen LogP contribution is -2.43. The molecule has 1 heterocycles.